The number of rotatable bonds is 9. The second-order valence-electron chi connectivity index (χ2n) is 8.98. The number of benzene rings is 1. The molecule has 2 aliphatic rings. The SMILES string of the molecule is C[C@@H]1C[C@H](NS(=O)(=O)N(C)CCO)[C@H](CO[C@H]2CC[C@@H](c3cccc(F)c3)CC2)N1C(=O)O. The number of aliphatic hydroxyl groups excluding tert-OH is 1. The lowest BCUT2D eigenvalue weighted by atomic mass is 9.82. The van der Waals surface area contributed by atoms with Gasteiger partial charge < -0.3 is 14.9 Å². The summed E-state index contributed by atoms with van der Waals surface area (Å²) in [5, 5.41) is 18.7. The molecule has 1 heterocycles. The maximum absolute atomic E-state index is 13.5. The van der Waals surface area contributed by atoms with Crippen molar-refractivity contribution in [2.75, 3.05) is 26.8 Å². The van der Waals surface area contributed by atoms with Crippen LogP contribution in [0.4, 0.5) is 9.18 Å². The second kappa shape index (κ2) is 11.1. The largest absolute Gasteiger partial charge is 0.465 e. The molecule has 1 aromatic carbocycles. The summed E-state index contributed by atoms with van der Waals surface area (Å²) in [5.74, 6) is 0.0253. The van der Waals surface area contributed by atoms with Crippen molar-refractivity contribution in [3.05, 3.63) is 35.6 Å². The third-order valence-electron chi connectivity index (χ3n) is 6.74. The molecule has 1 aliphatic carbocycles. The normalized spacial score (nSPS) is 28.4. The molecule has 3 N–H and O–H groups in total. The van der Waals surface area contributed by atoms with E-state index in [9.17, 15) is 22.7 Å². The van der Waals surface area contributed by atoms with Gasteiger partial charge in [0.05, 0.1) is 25.4 Å². The highest BCUT2D eigenvalue weighted by atomic mass is 32.2. The maximum atomic E-state index is 13.5. The van der Waals surface area contributed by atoms with Gasteiger partial charge in [0.15, 0.2) is 0 Å². The Morgan fingerprint density at radius 2 is 2.00 bits per heavy atom. The van der Waals surface area contributed by atoms with Crippen LogP contribution in [-0.2, 0) is 14.9 Å². The van der Waals surface area contributed by atoms with Crippen LogP contribution in [0.2, 0.25) is 0 Å². The summed E-state index contributed by atoms with van der Waals surface area (Å²) < 4.78 is 48.4. The number of nitrogens with zero attached hydrogens (tertiary/aromatic N) is 2. The molecular formula is C22H34FN3O6S. The quantitative estimate of drug-likeness (QED) is 0.491. The van der Waals surface area contributed by atoms with E-state index in [2.05, 4.69) is 4.72 Å². The predicted octanol–water partition coefficient (Wildman–Crippen LogP) is 2.14. The van der Waals surface area contributed by atoms with E-state index in [1.54, 1.807) is 19.1 Å². The Bertz CT molecular complexity index is 909. The Hall–Kier alpha value is -1.79. The van der Waals surface area contributed by atoms with Crippen molar-refractivity contribution in [2.24, 2.45) is 0 Å². The fourth-order valence-corrected chi connectivity index (χ4v) is 6.05. The van der Waals surface area contributed by atoms with Gasteiger partial charge in [-0.2, -0.15) is 17.4 Å². The van der Waals surface area contributed by atoms with E-state index in [1.807, 2.05) is 6.07 Å². The van der Waals surface area contributed by atoms with Crippen molar-refractivity contribution >= 4 is 16.3 Å². The average Bonchev–Trinajstić information content (AvgIpc) is 3.07. The topological polar surface area (TPSA) is 119 Å². The minimum Gasteiger partial charge on any atom is -0.465 e. The highest BCUT2D eigenvalue weighted by Crippen LogP contribution is 2.35. The van der Waals surface area contributed by atoms with Crippen molar-refractivity contribution in [3.63, 3.8) is 0 Å². The van der Waals surface area contributed by atoms with Gasteiger partial charge in [-0.25, -0.2) is 9.18 Å². The summed E-state index contributed by atoms with van der Waals surface area (Å²) in [6.45, 7) is 1.46. The van der Waals surface area contributed by atoms with E-state index in [-0.39, 0.29) is 43.6 Å². The molecule has 186 valence electrons. The lowest BCUT2D eigenvalue weighted by molar-refractivity contribution is -0.00709. The number of hydrogen-bond donors (Lipinski definition) is 3. The summed E-state index contributed by atoms with van der Waals surface area (Å²) in [7, 11) is -2.52. The lowest BCUT2D eigenvalue weighted by Gasteiger charge is -2.33. The second-order valence-corrected chi connectivity index (χ2v) is 10.8. The van der Waals surface area contributed by atoms with Gasteiger partial charge in [0.1, 0.15) is 5.82 Å². The molecule has 0 unspecified atom stereocenters. The number of ether oxygens (including phenoxy) is 1. The molecule has 1 saturated carbocycles. The number of nitrogens with one attached hydrogen (secondary N) is 1. The first-order chi connectivity index (χ1) is 15.6. The summed E-state index contributed by atoms with van der Waals surface area (Å²) in [6, 6.07) is 5.00. The van der Waals surface area contributed by atoms with E-state index in [4.69, 9.17) is 9.84 Å². The summed E-state index contributed by atoms with van der Waals surface area (Å²) >= 11 is 0. The summed E-state index contributed by atoms with van der Waals surface area (Å²) in [6.07, 6.45) is 2.39. The first-order valence-corrected chi connectivity index (χ1v) is 12.8. The maximum Gasteiger partial charge on any atom is 0.407 e. The van der Waals surface area contributed by atoms with E-state index in [0.717, 1.165) is 35.6 Å². The Labute approximate surface area is 194 Å². The molecule has 0 bridgehead atoms. The number of halogens is 1. The standard InChI is InChI=1S/C22H34FN3O6S/c1-15-12-20(24-33(30,31)25(2)10-11-27)21(26(15)22(28)29)14-32-19-8-6-16(7-9-19)17-4-3-5-18(23)13-17/h3-5,13,15-16,19-21,24,27H,6-12,14H2,1-2H3,(H,28,29)/t15-,16-,19+,20+,21+/m1/s1. The molecule has 9 nitrogen and oxygen atoms in total. The number of carbonyl (C=O) groups is 1. The number of carboxylic acid groups (broad SMARTS) is 1. The number of hydrogen-bond acceptors (Lipinski definition) is 5. The third kappa shape index (κ3) is 6.42. The zero-order valence-electron chi connectivity index (χ0n) is 19.1. The number of likely N-dealkylation sites (N-methyl/N-ethyl adjacent to an activating group) is 1. The van der Waals surface area contributed by atoms with Gasteiger partial charge in [-0.1, -0.05) is 12.1 Å². The first kappa shape index (κ1) is 25.8. The highest BCUT2D eigenvalue weighted by molar-refractivity contribution is 7.87. The van der Waals surface area contributed by atoms with Crippen molar-refractivity contribution < 1.29 is 32.6 Å². The molecule has 3 atom stereocenters. The molecule has 1 aromatic rings. The van der Waals surface area contributed by atoms with Crippen LogP contribution in [0, 0.1) is 5.82 Å². The number of likely N-dealkylation sites (tertiary alicyclic amines) is 1. The van der Waals surface area contributed by atoms with Crippen LogP contribution in [0.5, 0.6) is 0 Å². The van der Waals surface area contributed by atoms with Gasteiger partial charge >= 0.3 is 6.09 Å². The van der Waals surface area contributed by atoms with Crippen LogP contribution in [0.15, 0.2) is 24.3 Å². The van der Waals surface area contributed by atoms with Gasteiger partial charge in [-0.15, -0.1) is 0 Å². The van der Waals surface area contributed by atoms with Gasteiger partial charge in [-0.3, -0.25) is 4.90 Å². The van der Waals surface area contributed by atoms with Crippen LogP contribution in [0.1, 0.15) is 50.5 Å². The number of amides is 1. The molecule has 2 fully saturated rings. The molecule has 11 heteroatoms. The summed E-state index contributed by atoms with van der Waals surface area (Å²) in [4.78, 5) is 13.1. The van der Waals surface area contributed by atoms with Crippen LogP contribution in [0.25, 0.3) is 0 Å². The highest BCUT2D eigenvalue weighted by Gasteiger charge is 2.44. The molecule has 0 radical (unpaired) electrons. The Morgan fingerprint density at radius 1 is 1.30 bits per heavy atom. The molecule has 0 spiro atoms. The van der Waals surface area contributed by atoms with Crippen molar-refractivity contribution in [3.8, 4) is 0 Å². The fourth-order valence-electron chi connectivity index (χ4n) is 4.91. The Balaban J connectivity index is 1.61. The van der Waals surface area contributed by atoms with E-state index in [1.165, 1.54) is 18.0 Å². The summed E-state index contributed by atoms with van der Waals surface area (Å²) in [5.41, 5.74) is 0.983. The smallest absolute Gasteiger partial charge is 0.407 e. The minimum absolute atomic E-state index is 0.0596. The minimum atomic E-state index is -3.88. The molecule has 33 heavy (non-hydrogen) atoms. The fraction of sp³-hybridized carbons (Fsp3) is 0.682. The van der Waals surface area contributed by atoms with Crippen LogP contribution in [-0.4, -0.2) is 85.0 Å². The van der Waals surface area contributed by atoms with Crippen molar-refractivity contribution in [1.29, 1.82) is 0 Å². The Kier molecular flexibility index (Phi) is 8.68. The number of aliphatic hydroxyl groups is 1. The van der Waals surface area contributed by atoms with E-state index >= 15 is 0 Å². The van der Waals surface area contributed by atoms with Gasteiger partial charge in [0, 0.05) is 25.7 Å². The molecule has 3 rings (SSSR count). The van der Waals surface area contributed by atoms with Gasteiger partial charge in [-0.05, 0) is 62.6 Å². The van der Waals surface area contributed by atoms with Crippen molar-refractivity contribution in [2.45, 2.75) is 69.2 Å². The zero-order chi connectivity index (χ0) is 24.2. The van der Waals surface area contributed by atoms with Gasteiger partial charge in [0.25, 0.3) is 10.2 Å². The van der Waals surface area contributed by atoms with E-state index < -0.39 is 28.4 Å². The van der Waals surface area contributed by atoms with Crippen LogP contribution < -0.4 is 4.72 Å². The first-order valence-electron chi connectivity index (χ1n) is 11.3. The van der Waals surface area contributed by atoms with Gasteiger partial charge in [0.2, 0.25) is 0 Å². The molecule has 1 amide bonds. The monoisotopic (exact) mass is 487 g/mol. The van der Waals surface area contributed by atoms with Crippen molar-refractivity contribution in [1.82, 2.24) is 13.9 Å². The van der Waals surface area contributed by atoms with Crippen LogP contribution in [0.3, 0.4) is 0 Å². The third-order valence-corrected chi connectivity index (χ3v) is 8.34. The average molecular weight is 488 g/mol. The Morgan fingerprint density at radius 3 is 2.61 bits per heavy atom. The lowest BCUT2D eigenvalue weighted by Crippen LogP contribution is -2.52. The zero-order valence-corrected chi connectivity index (χ0v) is 19.9. The molecule has 1 saturated heterocycles. The van der Waals surface area contributed by atoms with Crippen LogP contribution >= 0.6 is 0 Å². The molecule has 0 aromatic heterocycles. The molecule has 1 aliphatic heterocycles. The predicted molar refractivity (Wildman–Crippen MR) is 121 cm³/mol. The van der Waals surface area contributed by atoms with E-state index in [0.29, 0.717) is 6.42 Å². The molecular weight excluding hydrogens is 453 g/mol.